The van der Waals surface area contributed by atoms with Gasteiger partial charge in [-0.05, 0) is 134 Å². The van der Waals surface area contributed by atoms with Crippen LogP contribution < -0.4 is 0 Å². The van der Waals surface area contributed by atoms with E-state index >= 15 is 0 Å². The lowest BCUT2D eigenvalue weighted by molar-refractivity contribution is 0.648. The highest BCUT2D eigenvalue weighted by Gasteiger charge is 2.35. The maximum Gasteiger partial charge on any atom is 0.0992 e. The van der Waals surface area contributed by atoms with Crippen LogP contribution in [0.25, 0.3) is 51.1 Å². The summed E-state index contributed by atoms with van der Waals surface area (Å²) in [5.41, 5.74) is 20.5. The Morgan fingerprint density at radius 3 is 2.23 bits per heavy atom. The number of allylic oxidation sites excluding steroid dienone is 10. The standard InChI is InChI=1S/C51H39N/c52-32-33-27-38(30-39(28-33)51-48-24-11-9-21-44(48)43-20-8-10-23-47(43)50(51)34-13-2-1-3-14-34)36-16-12-15-35(29-36)37-25-26-46-42-19-5-4-17-40(42)41-18-6-7-22-45(41)49(46)31-37/h1-7,9-10,12-19,21-23,26-31,37,41,45H,8,11,20,24-25H2. The lowest BCUT2D eigenvalue weighted by Gasteiger charge is -2.38. The monoisotopic (exact) mass is 665 g/mol. The fraction of sp³-hybridized carbons (Fsp3) is 0.157. The molecule has 3 atom stereocenters. The van der Waals surface area contributed by atoms with Crippen molar-refractivity contribution in [1.29, 1.82) is 5.26 Å². The van der Waals surface area contributed by atoms with Gasteiger partial charge in [0.25, 0.3) is 0 Å². The number of rotatable bonds is 4. The average molecular weight is 666 g/mol. The highest BCUT2D eigenvalue weighted by Crippen LogP contribution is 2.52. The third kappa shape index (κ3) is 5.05. The van der Waals surface area contributed by atoms with Crippen LogP contribution in [-0.4, -0.2) is 0 Å². The number of nitrogens with zero attached hydrogens (tertiary/aromatic N) is 1. The molecule has 3 unspecified atom stereocenters. The van der Waals surface area contributed by atoms with Gasteiger partial charge in [0.15, 0.2) is 0 Å². The number of benzene rings is 5. The van der Waals surface area contributed by atoms with Crippen molar-refractivity contribution in [3.05, 3.63) is 196 Å². The van der Waals surface area contributed by atoms with E-state index in [4.69, 9.17) is 0 Å². The zero-order chi connectivity index (χ0) is 34.6. The summed E-state index contributed by atoms with van der Waals surface area (Å²) >= 11 is 0. The van der Waals surface area contributed by atoms with Gasteiger partial charge >= 0.3 is 0 Å². The predicted molar refractivity (Wildman–Crippen MR) is 217 cm³/mol. The van der Waals surface area contributed by atoms with Gasteiger partial charge in [-0.15, -0.1) is 0 Å². The Balaban J connectivity index is 1.10. The van der Waals surface area contributed by atoms with Gasteiger partial charge in [0.1, 0.15) is 0 Å². The molecule has 5 aliphatic rings. The van der Waals surface area contributed by atoms with Crippen LogP contribution >= 0.6 is 0 Å². The van der Waals surface area contributed by atoms with E-state index in [-0.39, 0.29) is 0 Å². The first-order valence-corrected chi connectivity index (χ1v) is 18.9. The van der Waals surface area contributed by atoms with Crippen LogP contribution in [0.4, 0.5) is 0 Å². The van der Waals surface area contributed by atoms with Gasteiger partial charge < -0.3 is 0 Å². The Morgan fingerprint density at radius 1 is 0.615 bits per heavy atom. The third-order valence-corrected chi connectivity index (χ3v) is 11.9. The number of nitriles is 1. The summed E-state index contributed by atoms with van der Waals surface area (Å²) in [5.74, 6) is 1.03. The summed E-state index contributed by atoms with van der Waals surface area (Å²) < 4.78 is 0. The SMILES string of the molecule is N#Cc1cc(-c2cccc(C3C=C4C(=CC3)c3ccccc3C3C=CC=CC43)c2)cc(-c2c3c(c4c(c2-c2ccccc2)C=CCC4)C=CCC3)c1. The first-order valence-electron chi connectivity index (χ1n) is 18.9. The van der Waals surface area contributed by atoms with Gasteiger partial charge in [-0.25, -0.2) is 0 Å². The zero-order valence-electron chi connectivity index (χ0n) is 29.2. The van der Waals surface area contributed by atoms with Crippen molar-refractivity contribution in [3.8, 4) is 39.4 Å². The molecule has 248 valence electrons. The summed E-state index contributed by atoms with van der Waals surface area (Å²) in [6, 6.07) is 38.0. The number of hydrogen-bond donors (Lipinski definition) is 0. The molecule has 0 spiro atoms. The molecule has 0 bridgehead atoms. The summed E-state index contributed by atoms with van der Waals surface area (Å²) in [6.07, 6.45) is 28.7. The molecule has 0 heterocycles. The molecule has 0 fully saturated rings. The molecule has 52 heavy (non-hydrogen) atoms. The van der Waals surface area contributed by atoms with E-state index < -0.39 is 0 Å². The quantitative estimate of drug-likeness (QED) is 0.187. The molecular weight excluding hydrogens is 627 g/mol. The van der Waals surface area contributed by atoms with Crippen molar-refractivity contribution < 1.29 is 0 Å². The van der Waals surface area contributed by atoms with Crippen LogP contribution in [0, 0.1) is 17.2 Å². The fourth-order valence-corrected chi connectivity index (χ4v) is 9.61. The number of fused-ring (bicyclic) bond motifs is 9. The van der Waals surface area contributed by atoms with Gasteiger partial charge in [0.05, 0.1) is 11.6 Å². The molecule has 5 aromatic carbocycles. The van der Waals surface area contributed by atoms with Crippen molar-refractivity contribution in [1.82, 2.24) is 0 Å². The smallest absolute Gasteiger partial charge is 0.0992 e. The zero-order valence-corrected chi connectivity index (χ0v) is 29.2. The van der Waals surface area contributed by atoms with Crippen molar-refractivity contribution >= 4 is 17.7 Å². The second-order valence-electron chi connectivity index (χ2n) is 14.8. The first kappa shape index (κ1) is 30.8. The average Bonchev–Trinajstić information content (AvgIpc) is 3.23. The highest BCUT2D eigenvalue weighted by molar-refractivity contribution is 5.97. The maximum absolute atomic E-state index is 10.4. The molecule has 5 aliphatic carbocycles. The van der Waals surface area contributed by atoms with Crippen LogP contribution in [0.2, 0.25) is 0 Å². The van der Waals surface area contributed by atoms with Crippen molar-refractivity contribution in [2.45, 2.75) is 43.9 Å². The summed E-state index contributed by atoms with van der Waals surface area (Å²) in [7, 11) is 0. The summed E-state index contributed by atoms with van der Waals surface area (Å²) in [6.45, 7) is 0. The van der Waals surface area contributed by atoms with Gasteiger partial charge in [0, 0.05) is 17.8 Å². The minimum absolute atomic E-state index is 0.290. The third-order valence-electron chi connectivity index (χ3n) is 11.9. The predicted octanol–water partition coefficient (Wildman–Crippen LogP) is 12.8. The minimum Gasteiger partial charge on any atom is -0.192 e. The second-order valence-corrected chi connectivity index (χ2v) is 14.8. The largest absolute Gasteiger partial charge is 0.192 e. The molecule has 0 saturated carbocycles. The van der Waals surface area contributed by atoms with E-state index in [1.165, 1.54) is 66.8 Å². The normalized spacial score (nSPS) is 20.4. The lowest BCUT2D eigenvalue weighted by Crippen LogP contribution is -2.23. The van der Waals surface area contributed by atoms with E-state index in [1.807, 2.05) is 0 Å². The van der Waals surface area contributed by atoms with Gasteiger partial charge in [-0.1, -0.05) is 140 Å². The molecule has 1 heteroatoms. The second kappa shape index (κ2) is 12.7. The van der Waals surface area contributed by atoms with Crippen LogP contribution in [0.5, 0.6) is 0 Å². The number of hydrogen-bond acceptors (Lipinski definition) is 1. The first-order chi connectivity index (χ1) is 25.7. The van der Waals surface area contributed by atoms with Crippen LogP contribution in [0.1, 0.15) is 75.6 Å². The van der Waals surface area contributed by atoms with Gasteiger partial charge in [-0.2, -0.15) is 5.26 Å². The van der Waals surface area contributed by atoms with E-state index in [0.717, 1.165) is 48.8 Å². The summed E-state index contributed by atoms with van der Waals surface area (Å²) in [4.78, 5) is 0. The summed E-state index contributed by atoms with van der Waals surface area (Å²) in [5, 5.41) is 10.4. The fourth-order valence-electron chi connectivity index (χ4n) is 9.61. The molecule has 1 nitrogen and oxygen atoms in total. The molecule has 0 aliphatic heterocycles. The Morgan fingerprint density at radius 2 is 1.37 bits per heavy atom. The molecule has 0 radical (unpaired) electrons. The molecule has 0 N–H and O–H groups in total. The van der Waals surface area contributed by atoms with E-state index in [9.17, 15) is 5.26 Å². The minimum atomic E-state index is 0.290. The van der Waals surface area contributed by atoms with Crippen LogP contribution in [0.3, 0.4) is 0 Å². The molecule has 0 saturated heterocycles. The van der Waals surface area contributed by atoms with Crippen LogP contribution in [0.15, 0.2) is 151 Å². The van der Waals surface area contributed by atoms with Crippen molar-refractivity contribution in [3.63, 3.8) is 0 Å². The van der Waals surface area contributed by atoms with Gasteiger partial charge in [-0.3, -0.25) is 0 Å². The molecule has 0 amide bonds. The molecule has 5 aromatic rings. The Kier molecular flexibility index (Phi) is 7.51. The Hall–Kier alpha value is -5.97. The molecular formula is C51H39N. The topological polar surface area (TPSA) is 23.8 Å². The molecule has 0 aromatic heterocycles. The van der Waals surface area contributed by atoms with E-state index in [0.29, 0.717) is 23.3 Å². The highest BCUT2D eigenvalue weighted by atomic mass is 14.4. The lowest BCUT2D eigenvalue weighted by atomic mass is 9.65. The van der Waals surface area contributed by atoms with Crippen molar-refractivity contribution in [2.75, 3.05) is 0 Å². The Labute approximate surface area is 307 Å². The Bertz CT molecular complexity index is 2510. The maximum atomic E-state index is 10.4. The molecule has 10 rings (SSSR count). The van der Waals surface area contributed by atoms with Crippen LogP contribution in [-0.2, 0) is 12.8 Å². The van der Waals surface area contributed by atoms with Gasteiger partial charge in [0.2, 0.25) is 0 Å². The van der Waals surface area contributed by atoms with E-state index in [1.54, 1.807) is 0 Å². The van der Waals surface area contributed by atoms with Crippen molar-refractivity contribution in [2.24, 2.45) is 5.92 Å². The van der Waals surface area contributed by atoms with E-state index in [2.05, 4.69) is 164 Å².